The number of benzene rings is 1. The van der Waals surface area contributed by atoms with Crippen LogP contribution in [0.2, 0.25) is 0 Å². The van der Waals surface area contributed by atoms with Crippen molar-refractivity contribution in [3.63, 3.8) is 0 Å². The van der Waals surface area contributed by atoms with Crippen LogP contribution >= 0.6 is 0 Å². The van der Waals surface area contributed by atoms with E-state index in [9.17, 15) is 9.59 Å². The van der Waals surface area contributed by atoms with E-state index in [2.05, 4.69) is 0 Å². The van der Waals surface area contributed by atoms with Crippen LogP contribution < -0.4 is 10.3 Å². The van der Waals surface area contributed by atoms with Crippen LogP contribution in [-0.4, -0.2) is 24.4 Å². The summed E-state index contributed by atoms with van der Waals surface area (Å²) in [5.74, 6) is -0.638. The van der Waals surface area contributed by atoms with Crippen molar-refractivity contribution in [1.82, 2.24) is 4.73 Å². The zero-order chi connectivity index (χ0) is 14.0. The molecular formula is C14H15NO4. The number of aryl methyl sites for hydroxylation is 1. The van der Waals surface area contributed by atoms with Crippen molar-refractivity contribution in [2.75, 3.05) is 13.7 Å². The minimum absolute atomic E-state index is 0.0277. The van der Waals surface area contributed by atoms with Gasteiger partial charge < -0.3 is 9.57 Å². The Hall–Kier alpha value is -2.30. The lowest BCUT2D eigenvalue weighted by Gasteiger charge is -2.11. The second kappa shape index (κ2) is 5.14. The first-order valence-electron chi connectivity index (χ1n) is 5.96. The van der Waals surface area contributed by atoms with Gasteiger partial charge in [-0.1, -0.05) is 6.07 Å². The van der Waals surface area contributed by atoms with E-state index in [1.54, 1.807) is 13.0 Å². The number of nitrogens with zero attached hydrogens (tertiary/aromatic N) is 1. The van der Waals surface area contributed by atoms with Crippen LogP contribution in [0.4, 0.5) is 0 Å². The second-order valence-electron chi connectivity index (χ2n) is 4.12. The van der Waals surface area contributed by atoms with Crippen molar-refractivity contribution < 1.29 is 14.4 Å². The lowest BCUT2D eigenvalue weighted by molar-refractivity contribution is 0.0520. The van der Waals surface area contributed by atoms with Gasteiger partial charge in [-0.2, -0.15) is 4.73 Å². The molecule has 5 heteroatoms. The van der Waals surface area contributed by atoms with Gasteiger partial charge in [0, 0.05) is 0 Å². The van der Waals surface area contributed by atoms with Crippen molar-refractivity contribution in [1.29, 1.82) is 0 Å². The summed E-state index contributed by atoms with van der Waals surface area (Å²) in [7, 11) is 1.47. The predicted molar refractivity (Wildman–Crippen MR) is 71.4 cm³/mol. The maximum atomic E-state index is 12.3. The fourth-order valence-corrected chi connectivity index (χ4v) is 1.91. The lowest BCUT2D eigenvalue weighted by Crippen LogP contribution is -2.22. The first kappa shape index (κ1) is 13.1. The average molecular weight is 261 g/mol. The van der Waals surface area contributed by atoms with Crippen molar-refractivity contribution in [2.24, 2.45) is 0 Å². The molecule has 0 amide bonds. The van der Waals surface area contributed by atoms with E-state index >= 15 is 0 Å². The number of aromatic nitrogens is 1. The molecule has 19 heavy (non-hydrogen) atoms. The van der Waals surface area contributed by atoms with Gasteiger partial charge in [0.05, 0.1) is 23.7 Å². The minimum Gasteiger partial charge on any atom is -0.462 e. The number of carbonyl (C=O) groups is 1. The molecule has 0 aliphatic rings. The van der Waals surface area contributed by atoms with Crippen molar-refractivity contribution in [3.8, 4) is 0 Å². The number of fused-ring (bicyclic) bond motifs is 1. The molecule has 0 N–H and O–H groups in total. The molecule has 0 aliphatic carbocycles. The quantitative estimate of drug-likeness (QED) is 0.786. The molecule has 0 bridgehead atoms. The van der Waals surface area contributed by atoms with Gasteiger partial charge in [-0.05, 0) is 31.5 Å². The smallest absolute Gasteiger partial charge is 0.343 e. The normalized spacial score (nSPS) is 10.5. The van der Waals surface area contributed by atoms with Crippen LogP contribution in [-0.2, 0) is 4.74 Å². The zero-order valence-electron chi connectivity index (χ0n) is 11.1. The largest absolute Gasteiger partial charge is 0.462 e. The van der Waals surface area contributed by atoms with Gasteiger partial charge in [-0.3, -0.25) is 4.79 Å². The summed E-state index contributed by atoms with van der Waals surface area (Å²) in [5.41, 5.74) is 1.25. The Kier molecular flexibility index (Phi) is 3.55. The highest BCUT2D eigenvalue weighted by Gasteiger charge is 2.16. The van der Waals surface area contributed by atoms with Crippen LogP contribution in [0.25, 0.3) is 10.9 Å². The summed E-state index contributed by atoms with van der Waals surface area (Å²) in [5, 5.41) is 0.429. The Bertz CT molecular complexity index is 688. The highest BCUT2D eigenvalue weighted by atomic mass is 16.6. The molecule has 2 aromatic rings. The lowest BCUT2D eigenvalue weighted by atomic mass is 10.1. The number of pyridine rings is 1. The topological polar surface area (TPSA) is 57.5 Å². The minimum atomic E-state index is -0.638. The molecular weight excluding hydrogens is 246 g/mol. The maximum absolute atomic E-state index is 12.3. The van der Waals surface area contributed by atoms with Crippen LogP contribution in [0, 0.1) is 6.92 Å². The summed E-state index contributed by atoms with van der Waals surface area (Å²) >= 11 is 0. The van der Waals surface area contributed by atoms with Crippen LogP contribution in [0.5, 0.6) is 0 Å². The SMILES string of the molecule is CCOC(=O)c1cn(OC)c2cc(C)ccc2c1=O. The summed E-state index contributed by atoms with van der Waals surface area (Å²) in [6.07, 6.45) is 1.36. The third kappa shape index (κ3) is 2.31. The molecule has 1 heterocycles. The molecule has 5 nitrogen and oxygen atoms in total. The van der Waals surface area contributed by atoms with Gasteiger partial charge in [-0.25, -0.2) is 4.79 Å². The third-order valence-corrected chi connectivity index (χ3v) is 2.82. The standard InChI is InChI=1S/C14H15NO4/c1-4-19-14(17)11-8-15(18-3)12-7-9(2)5-6-10(12)13(11)16/h5-8H,4H2,1-3H3. The average Bonchev–Trinajstić information content (AvgIpc) is 2.39. The molecule has 0 fully saturated rings. The molecule has 0 radical (unpaired) electrons. The van der Waals surface area contributed by atoms with E-state index < -0.39 is 5.97 Å². The second-order valence-corrected chi connectivity index (χ2v) is 4.12. The number of rotatable bonds is 3. The summed E-state index contributed by atoms with van der Waals surface area (Å²) in [4.78, 5) is 29.2. The first-order chi connectivity index (χ1) is 9.08. The third-order valence-electron chi connectivity index (χ3n) is 2.82. The zero-order valence-corrected chi connectivity index (χ0v) is 11.1. The Morgan fingerprint density at radius 3 is 2.74 bits per heavy atom. The molecule has 2 rings (SSSR count). The van der Waals surface area contributed by atoms with Crippen LogP contribution in [0.1, 0.15) is 22.8 Å². The van der Waals surface area contributed by atoms with Gasteiger partial charge in [0.2, 0.25) is 5.43 Å². The molecule has 0 saturated heterocycles. The van der Waals surface area contributed by atoms with Gasteiger partial charge in [0.1, 0.15) is 12.7 Å². The molecule has 1 aromatic heterocycles. The Balaban J connectivity index is 2.76. The van der Waals surface area contributed by atoms with Crippen molar-refractivity contribution in [3.05, 3.63) is 45.7 Å². The first-order valence-corrected chi connectivity index (χ1v) is 5.96. The van der Waals surface area contributed by atoms with E-state index in [0.29, 0.717) is 10.9 Å². The van der Waals surface area contributed by atoms with E-state index in [1.807, 2.05) is 19.1 Å². The number of hydrogen-bond acceptors (Lipinski definition) is 4. The summed E-state index contributed by atoms with van der Waals surface area (Å²) in [6.45, 7) is 3.83. The van der Waals surface area contributed by atoms with Gasteiger partial charge in [0.25, 0.3) is 0 Å². The molecule has 0 spiro atoms. The molecule has 0 unspecified atom stereocenters. The highest BCUT2D eigenvalue weighted by Crippen LogP contribution is 2.13. The molecule has 0 atom stereocenters. The molecule has 0 saturated carbocycles. The number of ether oxygens (including phenoxy) is 1. The van der Waals surface area contributed by atoms with Crippen LogP contribution in [0.15, 0.2) is 29.2 Å². The van der Waals surface area contributed by atoms with Crippen molar-refractivity contribution >= 4 is 16.9 Å². The predicted octanol–water partition coefficient (Wildman–Crippen LogP) is 1.55. The number of carbonyl (C=O) groups excluding carboxylic acids is 1. The Morgan fingerprint density at radius 1 is 1.37 bits per heavy atom. The summed E-state index contributed by atoms with van der Waals surface area (Å²) in [6, 6.07) is 5.33. The van der Waals surface area contributed by atoms with Gasteiger partial charge >= 0.3 is 5.97 Å². The van der Waals surface area contributed by atoms with E-state index in [0.717, 1.165) is 5.56 Å². The fourth-order valence-electron chi connectivity index (χ4n) is 1.91. The van der Waals surface area contributed by atoms with Crippen LogP contribution in [0.3, 0.4) is 0 Å². The Labute approximate surface area is 110 Å². The molecule has 1 aromatic carbocycles. The van der Waals surface area contributed by atoms with Gasteiger partial charge in [0.15, 0.2) is 0 Å². The van der Waals surface area contributed by atoms with E-state index in [1.165, 1.54) is 18.0 Å². The fraction of sp³-hybridized carbons (Fsp3) is 0.286. The monoisotopic (exact) mass is 261 g/mol. The number of hydrogen-bond donors (Lipinski definition) is 0. The van der Waals surface area contributed by atoms with E-state index in [-0.39, 0.29) is 17.6 Å². The molecule has 100 valence electrons. The van der Waals surface area contributed by atoms with Gasteiger partial charge in [-0.15, -0.1) is 0 Å². The van der Waals surface area contributed by atoms with Crippen molar-refractivity contribution in [2.45, 2.75) is 13.8 Å². The summed E-state index contributed by atoms with van der Waals surface area (Å²) < 4.78 is 6.27. The maximum Gasteiger partial charge on any atom is 0.343 e. The molecule has 0 aliphatic heterocycles. The highest BCUT2D eigenvalue weighted by molar-refractivity contribution is 5.93. The van der Waals surface area contributed by atoms with E-state index in [4.69, 9.17) is 9.57 Å². The Morgan fingerprint density at radius 2 is 2.11 bits per heavy atom. The number of esters is 1.